The van der Waals surface area contributed by atoms with Gasteiger partial charge in [-0.2, -0.15) is 0 Å². The van der Waals surface area contributed by atoms with Gasteiger partial charge in [-0.1, -0.05) is 0 Å². The topological polar surface area (TPSA) is 192 Å². The van der Waals surface area contributed by atoms with Crippen molar-refractivity contribution in [2.24, 2.45) is 0 Å². The first-order valence-corrected chi connectivity index (χ1v) is 7.77. The third-order valence-corrected chi connectivity index (χ3v) is 4.42. The maximum Gasteiger partial charge on any atom is 0.335 e. The summed E-state index contributed by atoms with van der Waals surface area (Å²) in [4.78, 5) is 22.6. The van der Waals surface area contributed by atoms with E-state index < -0.39 is 73.2 Å². The summed E-state index contributed by atoms with van der Waals surface area (Å²) in [6.45, 7) is 1.35. The SMILES string of the molecule is CO[C@@H]1C(C(=O)O)O[C@@H](O[C@@H]2C(C(=O)O)OC(C)C(O)[C@H]2O)C(O)[C@H]1O. The number of aliphatic carboxylic acids is 2. The van der Waals surface area contributed by atoms with Gasteiger partial charge in [0.25, 0.3) is 0 Å². The van der Waals surface area contributed by atoms with Crippen LogP contribution in [0.2, 0.25) is 0 Å². The van der Waals surface area contributed by atoms with Gasteiger partial charge in [-0.25, -0.2) is 9.59 Å². The normalized spacial score (nSPS) is 46.7. The number of carbonyl (C=O) groups is 2. The number of carboxylic acid groups (broad SMARTS) is 2. The molecule has 0 bridgehead atoms. The van der Waals surface area contributed by atoms with Crippen LogP contribution in [0.3, 0.4) is 0 Å². The van der Waals surface area contributed by atoms with E-state index in [-0.39, 0.29) is 0 Å². The second-order valence-corrected chi connectivity index (χ2v) is 6.13. The molecule has 6 N–H and O–H groups in total. The van der Waals surface area contributed by atoms with Crippen LogP contribution < -0.4 is 0 Å². The molecule has 0 aromatic heterocycles. The van der Waals surface area contributed by atoms with E-state index in [4.69, 9.17) is 18.9 Å². The van der Waals surface area contributed by atoms with Gasteiger partial charge < -0.3 is 49.6 Å². The molecular weight excluding hydrogens is 360 g/mol. The van der Waals surface area contributed by atoms with Gasteiger partial charge in [-0.05, 0) is 6.92 Å². The molecule has 2 aliphatic rings. The van der Waals surface area contributed by atoms with Crippen molar-refractivity contribution in [2.45, 2.75) is 68.1 Å². The minimum atomic E-state index is -1.82. The summed E-state index contributed by atoms with van der Waals surface area (Å²) >= 11 is 0. The molecule has 150 valence electrons. The van der Waals surface area contributed by atoms with Crippen molar-refractivity contribution in [2.75, 3.05) is 7.11 Å². The fourth-order valence-electron chi connectivity index (χ4n) is 2.96. The number of rotatable bonds is 5. The molecule has 10 atom stereocenters. The van der Waals surface area contributed by atoms with Crippen LogP contribution in [0.5, 0.6) is 0 Å². The summed E-state index contributed by atoms with van der Waals surface area (Å²) < 4.78 is 20.2. The first-order chi connectivity index (χ1) is 12.1. The highest BCUT2D eigenvalue weighted by atomic mass is 16.7. The zero-order chi connectivity index (χ0) is 19.8. The maximum absolute atomic E-state index is 11.4. The number of hydrogen-bond acceptors (Lipinski definition) is 10. The second kappa shape index (κ2) is 8.10. The standard InChI is InChI=1S/C14H22O12/c1-3-4(15)5(16)9(11(24-3)13(21)22)25-14-7(18)6(17)8(23-2)10(26-14)12(19)20/h3-11,14-18H,1-2H3,(H,19,20)(H,21,22)/t3?,4?,5-,6-,7?,8+,9+,10?,11?,14-/m1/s1. The molecule has 2 rings (SSSR count). The van der Waals surface area contributed by atoms with Gasteiger partial charge in [0.2, 0.25) is 0 Å². The lowest BCUT2D eigenvalue weighted by Gasteiger charge is -2.45. The molecule has 0 radical (unpaired) electrons. The fourth-order valence-corrected chi connectivity index (χ4v) is 2.96. The second-order valence-electron chi connectivity index (χ2n) is 6.13. The molecule has 2 heterocycles. The number of methoxy groups -OCH3 is 1. The van der Waals surface area contributed by atoms with Crippen LogP contribution in [0.4, 0.5) is 0 Å². The molecule has 2 saturated heterocycles. The summed E-state index contributed by atoms with van der Waals surface area (Å²) in [5.41, 5.74) is 0. The van der Waals surface area contributed by atoms with Gasteiger partial charge >= 0.3 is 11.9 Å². The van der Waals surface area contributed by atoms with Gasteiger partial charge in [-0.15, -0.1) is 0 Å². The first kappa shape index (κ1) is 20.9. The summed E-state index contributed by atoms with van der Waals surface area (Å²) in [6.07, 6.45) is -16.1. The number of carboxylic acids is 2. The molecule has 2 fully saturated rings. The van der Waals surface area contributed by atoms with Gasteiger partial charge in [0.15, 0.2) is 18.5 Å². The average molecular weight is 382 g/mol. The molecule has 0 aliphatic carbocycles. The quantitative estimate of drug-likeness (QED) is 0.275. The predicted molar refractivity (Wildman–Crippen MR) is 78.0 cm³/mol. The molecule has 0 aromatic carbocycles. The average Bonchev–Trinajstić information content (AvgIpc) is 2.58. The van der Waals surface area contributed by atoms with Crippen molar-refractivity contribution < 1.29 is 59.2 Å². The van der Waals surface area contributed by atoms with E-state index in [0.717, 1.165) is 7.11 Å². The Hall–Kier alpha value is -1.38. The Balaban J connectivity index is 2.23. The van der Waals surface area contributed by atoms with Gasteiger partial charge in [-0.3, -0.25) is 0 Å². The van der Waals surface area contributed by atoms with Gasteiger partial charge in [0, 0.05) is 7.11 Å². The van der Waals surface area contributed by atoms with Crippen LogP contribution in [0.25, 0.3) is 0 Å². The van der Waals surface area contributed by atoms with Crippen LogP contribution in [-0.4, -0.2) is 111 Å². The largest absolute Gasteiger partial charge is 0.479 e. The Morgan fingerprint density at radius 3 is 1.81 bits per heavy atom. The minimum absolute atomic E-state index is 1.02. The van der Waals surface area contributed by atoms with Crippen LogP contribution in [-0.2, 0) is 28.5 Å². The highest BCUT2D eigenvalue weighted by Gasteiger charge is 2.53. The first-order valence-electron chi connectivity index (χ1n) is 7.77. The highest BCUT2D eigenvalue weighted by Crippen LogP contribution is 2.30. The van der Waals surface area contributed by atoms with Gasteiger partial charge in [0.1, 0.15) is 36.6 Å². The van der Waals surface area contributed by atoms with Crippen LogP contribution in [0, 0.1) is 0 Å². The van der Waals surface area contributed by atoms with Crippen molar-refractivity contribution in [3.8, 4) is 0 Å². The van der Waals surface area contributed by atoms with Crippen molar-refractivity contribution in [1.29, 1.82) is 0 Å². The van der Waals surface area contributed by atoms with E-state index >= 15 is 0 Å². The van der Waals surface area contributed by atoms with Gasteiger partial charge in [0.05, 0.1) is 6.10 Å². The summed E-state index contributed by atoms with van der Waals surface area (Å²) in [7, 11) is 1.11. The molecule has 5 unspecified atom stereocenters. The lowest BCUT2D eigenvalue weighted by atomic mass is 9.94. The van der Waals surface area contributed by atoms with Crippen LogP contribution in [0.1, 0.15) is 6.92 Å². The minimum Gasteiger partial charge on any atom is -0.479 e. The van der Waals surface area contributed by atoms with E-state index in [2.05, 4.69) is 0 Å². The monoisotopic (exact) mass is 382 g/mol. The molecule has 12 heteroatoms. The van der Waals surface area contributed by atoms with Crippen LogP contribution in [0.15, 0.2) is 0 Å². The maximum atomic E-state index is 11.4. The number of ether oxygens (including phenoxy) is 4. The summed E-state index contributed by atoms with van der Waals surface area (Å²) in [5, 5.41) is 58.5. The zero-order valence-corrected chi connectivity index (χ0v) is 13.9. The predicted octanol–water partition coefficient (Wildman–Crippen LogP) is -3.49. The van der Waals surface area contributed by atoms with Crippen molar-refractivity contribution in [3.63, 3.8) is 0 Å². The fraction of sp³-hybridized carbons (Fsp3) is 0.857. The van der Waals surface area contributed by atoms with Crippen molar-refractivity contribution >= 4 is 11.9 Å². The molecule has 0 saturated carbocycles. The van der Waals surface area contributed by atoms with Crippen molar-refractivity contribution in [1.82, 2.24) is 0 Å². The lowest BCUT2D eigenvalue weighted by molar-refractivity contribution is -0.334. The number of aliphatic hydroxyl groups excluding tert-OH is 4. The Morgan fingerprint density at radius 1 is 0.808 bits per heavy atom. The molecule has 2 aliphatic heterocycles. The van der Waals surface area contributed by atoms with E-state index in [1.54, 1.807) is 0 Å². The Bertz CT molecular complexity index is 526. The molecule has 12 nitrogen and oxygen atoms in total. The molecule has 0 amide bonds. The smallest absolute Gasteiger partial charge is 0.335 e. The highest BCUT2D eigenvalue weighted by molar-refractivity contribution is 5.74. The van der Waals surface area contributed by atoms with Crippen LogP contribution >= 0.6 is 0 Å². The zero-order valence-electron chi connectivity index (χ0n) is 13.9. The number of hydrogen-bond donors (Lipinski definition) is 6. The number of aliphatic hydroxyl groups is 4. The molecular formula is C14H22O12. The van der Waals surface area contributed by atoms with Crippen molar-refractivity contribution in [3.05, 3.63) is 0 Å². The molecule has 26 heavy (non-hydrogen) atoms. The van der Waals surface area contributed by atoms with E-state index in [9.17, 15) is 40.2 Å². The molecule has 0 spiro atoms. The third kappa shape index (κ3) is 3.82. The van der Waals surface area contributed by atoms with E-state index in [1.165, 1.54) is 6.92 Å². The van der Waals surface area contributed by atoms with E-state index in [0.29, 0.717) is 0 Å². The summed E-state index contributed by atoms with van der Waals surface area (Å²) in [5.74, 6) is -3.02. The third-order valence-electron chi connectivity index (χ3n) is 4.42. The van der Waals surface area contributed by atoms with E-state index in [1.807, 2.05) is 0 Å². The lowest BCUT2D eigenvalue weighted by Crippen LogP contribution is -2.65. The Kier molecular flexibility index (Phi) is 6.52. The Labute approximate surface area is 147 Å². The Morgan fingerprint density at radius 2 is 1.31 bits per heavy atom. The molecule has 0 aromatic rings. The summed E-state index contributed by atoms with van der Waals surface area (Å²) in [6, 6.07) is 0.